The van der Waals surface area contributed by atoms with E-state index in [1.165, 1.54) is 24.1 Å². The summed E-state index contributed by atoms with van der Waals surface area (Å²) >= 11 is 5.49. The lowest BCUT2D eigenvalue weighted by molar-refractivity contribution is 0.363. The largest absolute Gasteiger partial charge is 0.489 e. The molecule has 0 saturated carbocycles. The second-order valence-corrected chi connectivity index (χ2v) is 8.12. The summed E-state index contributed by atoms with van der Waals surface area (Å²) in [6.45, 7) is 10.9. The molecule has 1 aliphatic heterocycles. The normalized spacial score (nSPS) is 15.4. The van der Waals surface area contributed by atoms with Crippen LogP contribution in [-0.4, -0.2) is 24.8 Å². The van der Waals surface area contributed by atoms with Crippen molar-refractivity contribution >= 4 is 28.7 Å². The van der Waals surface area contributed by atoms with Gasteiger partial charge in [0.05, 0.1) is 6.04 Å². The van der Waals surface area contributed by atoms with Gasteiger partial charge in [0.1, 0.15) is 12.4 Å². The third-order valence-corrected chi connectivity index (χ3v) is 5.57. The zero-order valence-electron chi connectivity index (χ0n) is 17.4. The second kappa shape index (κ2) is 10.3. The predicted molar refractivity (Wildman–Crippen MR) is 127 cm³/mol. The van der Waals surface area contributed by atoms with Crippen LogP contribution in [0.15, 0.2) is 61.2 Å². The lowest BCUT2D eigenvalue weighted by Gasteiger charge is -2.32. The molecule has 4 nitrogen and oxygen atoms in total. The van der Waals surface area contributed by atoms with Gasteiger partial charge in [-0.15, -0.1) is 0 Å². The number of nitrogens with zero attached hydrogens (tertiary/aromatic N) is 1. The zero-order chi connectivity index (χ0) is 20.6. The van der Waals surface area contributed by atoms with Gasteiger partial charge in [0.2, 0.25) is 0 Å². The monoisotopic (exact) mass is 409 g/mol. The number of hydrogen-bond acceptors (Lipinski definition) is 3. The van der Waals surface area contributed by atoms with E-state index in [0.29, 0.717) is 11.7 Å². The van der Waals surface area contributed by atoms with Gasteiger partial charge >= 0.3 is 0 Å². The van der Waals surface area contributed by atoms with E-state index in [4.69, 9.17) is 17.0 Å². The van der Waals surface area contributed by atoms with Crippen LogP contribution in [-0.2, 0) is 0 Å². The molecule has 1 saturated heterocycles. The standard InChI is InChI=1S/C24H31N3OS/c1-4-16-28-23-7-5-6-21(17-23)26-24(29)25-19(3)20-8-10-22(11-9-20)27-14-12-18(2)13-15-27/h4-11,17-19H,1,12-16H2,2-3H3,(H2,25,26,29). The van der Waals surface area contributed by atoms with Crippen molar-refractivity contribution in [2.24, 2.45) is 5.92 Å². The summed E-state index contributed by atoms with van der Waals surface area (Å²) in [6.07, 6.45) is 4.28. The molecular formula is C24H31N3OS. The molecule has 0 spiro atoms. The highest BCUT2D eigenvalue weighted by molar-refractivity contribution is 7.80. The fraction of sp³-hybridized carbons (Fsp3) is 0.375. The first-order valence-electron chi connectivity index (χ1n) is 10.3. The number of benzene rings is 2. The topological polar surface area (TPSA) is 36.5 Å². The lowest BCUT2D eigenvalue weighted by atomic mass is 9.98. The van der Waals surface area contributed by atoms with E-state index in [-0.39, 0.29) is 6.04 Å². The second-order valence-electron chi connectivity index (χ2n) is 7.71. The lowest BCUT2D eigenvalue weighted by Crippen LogP contribution is -2.33. The van der Waals surface area contributed by atoms with Crippen molar-refractivity contribution in [3.05, 3.63) is 66.7 Å². The zero-order valence-corrected chi connectivity index (χ0v) is 18.2. The molecule has 2 aromatic carbocycles. The molecular weight excluding hydrogens is 378 g/mol. The first-order valence-corrected chi connectivity index (χ1v) is 10.7. The summed E-state index contributed by atoms with van der Waals surface area (Å²) < 4.78 is 5.57. The summed E-state index contributed by atoms with van der Waals surface area (Å²) in [5.74, 6) is 1.63. The molecule has 0 amide bonds. The summed E-state index contributed by atoms with van der Waals surface area (Å²) in [5, 5.41) is 7.18. The van der Waals surface area contributed by atoms with Crippen LogP contribution in [0.25, 0.3) is 0 Å². The molecule has 0 radical (unpaired) electrons. The molecule has 3 rings (SSSR count). The number of thiocarbonyl (C=S) groups is 1. The van der Waals surface area contributed by atoms with Crippen molar-refractivity contribution in [1.82, 2.24) is 5.32 Å². The Morgan fingerprint density at radius 2 is 1.97 bits per heavy atom. The molecule has 154 valence electrons. The number of piperidine rings is 1. The van der Waals surface area contributed by atoms with Crippen LogP contribution in [0.2, 0.25) is 0 Å². The Kier molecular flexibility index (Phi) is 7.53. The fourth-order valence-corrected chi connectivity index (χ4v) is 3.80. The number of ether oxygens (including phenoxy) is 1. The van der Waals surface area contributed by atoms with Crippen LogP contribution < -0.4 is 20.3 Å². The molecule has 1 heterocycles. The van der Waals surface area contributed by atoms with Gasteiger partial charge in [-0.05, 0) is 67.7 Å². The van der Waals surface area contributed by atoms with E-state index in [1.54, 1.807) is 6.08 Å². The minimum Gasteiger partial charge on any atom is -0.489 e. The van der Waals surface area contributed by atoms with Gasteiger partial charge in [0.15, 0.2) is 5.11 Å². The van der Waals surface area contributed by atoms with Crippen LogP contribution in [0.4, 0.5) is 11.4 Å². The predicted octanol–water partition coefficient (Wildman–Crippen LogP) is 5.54. The van der Waals surface area contributed by atoms with E-state index >= 15 is 0 Å². The third kappa shape index (κ3) is 6.23. The molecule has 2 aromatic rings. The summed E-state index contributed by atoms with van der Waals surface area (Å²) in [7, 11) is 0. The van der Waals surface area contributed by atoms with Gasteiger partial charge in [-0.3, -0.25) is 0 Å². The number of rotatable bonds is 7. The Labute approximate surface area is 180 Å². The number of anilines is 2. The molecule has 1 fully saturated rings. The maximum atomic E-state index is 5.57. The van der Waals surface area contributed by atoms with E-state index < -0.39 is 0 Å². The Balaban J connectivity index is 1.53. The SMILES string of the molecule is C=CCOc1cccc(NC(=S)NC(C)c2ccc(N3CCC(C)CC3)cc2)c1. The minimum atomic E-state index is 0.116. The average molecular weight is 410 g/mol. The molecule has 2 N–H and O–H groups in total. The van der Waals surface area contributed by atoms with Crippen molar-refractivity contribution in [3.8, 4) is 5.75 Å². The molecule has 0 aromatic heterocycles. The molecule has 0 bridgehead atoms. The van der Waals surface area contributed by atoms with E-state index in [0.717, 1.165) is 30.4 Å². The Hall–Kier alpha value is -2.53. The molecule has 29 heavy (non-hydrogen) atoms. The molecule has 1 atom stereocenters. The van der Waals surface area contributed by atoms with Crippen LogP contribution in [0, 0.1) is 5.92 Å². The molecule has 1 aliphatic rings. The van der Waals surface area contributed by atoms with Gasteiger partial charge < -0.3 is 20.3 Å². The highest BCUT2D eigenvalue weighted by atomic mass is 32.1. The van der Waals surface area contributed by atoms with Crippen molar-refractivity contribution in [2.45, 2.75) is 32.7 Å². The van der Waals surface area contributed by atoms with Gasteiger partial charge in [0, 0.05) is 30.5 Å². The maximum Gasteiger partial charge on any atom is 0.171 e. The Morgan fingerprint density at radius 3 is 2.66 bits per heavy atom. The van der Waals surface area contributed by atoms with E-state index in [9.17, 15) is 0 Å². The first-order chi connectivity index (χ1) is 14.0. The molecule has 5 heteroatoms. The Bertz CT molecular complexity index is 813. The van der Waals surface area contributed by atoms with Gasteiger partial charge in [-0.1, -0.05) is 37.8 Å². The van der Waals surface area contributed by atoms with Crippen molar-refractivity contribution < 1.29 is 4.74 Å². The maximum absolute atomic E-state index is 5.57. The molecule has 0 aliphatic carbocycles. The summed E-state index contributed by atoms with van der Waals surface area (Å²) in [6, 6.07) is 16.7. The number of nitrogens with one attached hydrogen (secondary N) is 2. The average Bonchev–Trinajstić information content (AvgIpc) is 2.73. The summed E-state index contributed by atoms with van der Waals surface area (Å²) in [5.41, 5.74) is 3.42. The quantitative estimate of drug-likeness (QED) is 0.464. The highest BCUT2D eigenvalue weighted by Crippen LogP contribution is 2.25. The smallest absolute Gasteiger partial charge is 0.171 e. The fourth-order valence-electron chi connectivity index (χ4n) is 3.51. The third-order valence-electron chi connectivity index (χ3n) is 5.35. The van der Waals surface area contributed by atoms with Crippen LogP contribution in [0.3, 0.4) is 0 Å². The highest BCUT2D eigenvalue weighted by Gasteiger charge is 2.16. The molecule has 1 unspecified atom stereocenters. The van der Waals surface area contributed by atoms with Crippen molar-refractivity contribution in [2.75, 3.05) is 29.9 Å². The van der Waals surface area contributed by atoms with Crippen molar-refractivity contribution in [3.63, 3.8) is 0 Å². The minimum absolute atomic E-state index is 0.116. The summed E-state index contributed by atoms with van der Waals surface area (Å²) in [4.78, 5) is 2.48. The van der Waals surface area contributed by atoms with Gasteiger partial charge in [-0.25, -0.2) is 0 Å². The van der Waals surface area contributed by atoms with E-state index in [1.807, 2.05) is 24.3 Å². The van der Waals surface area contributed by atoms with Gasteiger partial charge in [-0.2, -0.15) is 0 Å². The number of hydrogen-bond donors (Lipinski definition) is 2. The van der Waals surface area contributed by atoms with Crippen LogP contribution in [0.5, 0.6) is 5.75 Å². The van der Waals surface area contributed by atoms with E-state index in [2.05, 4.69) is 60.2 Å². The van der Waals surface area contributed by atoms with Gasteiger partial charge in [0.25, 0.3) is 0 Å². The van der Waals surface area contributed by atoms with Crippen LogP contribution in [0.1, 0.15) is 38.3 Å². The first kappa shape index (κ1) is 21.2. The van der Waals surface area contributed by atoms with Crippen molar-refractivity contribution in [1.29, 1.82) is 0 Å². The Morgan fingerprint density at radius 1 is 1.24 bits per heavy atom. The van der Waals surface area contributed by atoms with Crippen LogP contribution >= 0.6 is 12.2 Å².